The van der Waals surface area contributed by atoms with Crippen LogP contribution in [-0.2, 0) is 4.79 Å². The second-order valence-corrected chi connectivity index (χ2v) is 6.30. The van der Waals surface area contributed by atoms with E-state index in [9.17, 15) is 18.0 Å². The average Bonchev–Trinajstić information content (AvgIpc) is 2.67. The Balaban J connectivity index is 0.00000392. The lowest BCUT2D eigenvalue weighted by atomic mass is 10.1. The molecule has 0 aromatic heterocycles. The molecule has 1 aromatic rings. The summed E-state index contributed by atoms with van der Waals surface area (Å²) < 4.78 is 39.7. The summed E-state index contributed by atoms with van der Waals surface area (Å²) in [5, 5.41) is 8.37. The smallest absolute Gasteiger partial charge is 0.246 e. The second-order valence-electron chi connectivity index (χ2n) is 6.30. The number of benzene rings is 1. The Hall–Kier alpha value is -1.56. The molecule has 1 saturated heterocycles. The Morgan fingerprint density at radius 3 is 2.50 bits per heavy atom. The van der Waals surface area contributed by atoms with E-state index in [1.54, 1.807) is 0 Å². The fourth-order valence-corrected chi connectivity index (χ4v) is 2.82. The van der Waals surface area contributed by atoms with E-state index in [4.69, 9.17) is 0 Å². The normalized spacial score (nSPS) is 14.9. The number of carbonyl (C=O) groups is 1. The summed E-state index contributed by atoms with van der Waals surface area (Å²) in [5.74, 6) is -4.53. The highest BCUT2D eigenvalue weighted by molar-refractivity contribution is 14.0. The molecule has 0 unspecified atom stereocenters. The molecule has 0 spiro atoms. The van der Waals surface area contributed by atoms with E-state index in [0.717, 1.165) is 31.8 Å². The Labute approximate surface area is 180 Å². The maximum Gasteiger partial charge on any atom is 0.246 e. The van der Waals surface area contributed by atoms with Gasteiger partial charge in [0.05, 0.1) is 5.69 Å². The first-order valence-corrected chi connectivity index (χ1v) is 9.19. The number of carbonyl (C=O) groups excluding carboxylic acids is 1. The van der Waals surface area contributed by atoms with Gasteiger partial charge in [0.15, 0.2) is 23.4 Å². The van der Waals surface area contributed by atoms with E-state index in [1.165, 1.54) is 19.3 Å². The van der Waals surface area contributed by atoms with Gasteiger partial charge in [-0.15, -0.1) is 24.0 Å². The van der Waals surface area contributed by atoms with Gasteiger partial charge >= 0.3 is 0 Å². The molecule has 0 aliphatic carbocycles. The van der Waals surface area contributed by atoms with Gasteiger partial charge in [-0.3, -0.25) is 4.79 Å². The minimum Gasteiger partial charge on any atom is -0.357 e. The molecule has 6 nitrogen and oxygen atoms in total. The molecule has 1 amide bonds. The molecule has 158 valence electrons. The number of hydrogen-bond acceptors (Lipinski definition) is 3. The zero-order valence-corrected chi connectivity index (χ0v) is 18.2. The minimum atomic E-state index is -1.62. The first kappa shape index (κ1) is 24.5. The number of nitrogens with zero attached hydrogens (tertiary/aromatic N) is 2. The first-order chi connectivity index (χ1) is 13.0. The highest BCUT2D eigenvalue weighted by Gasteiger charge is 2.15. The molecule has 1 aliphatic rings. The summed E-state index contributed by atoms with van der Waals surface area (Å²) in [6, 6.07) is 1.72. The second kappa shape index (κ2) is 12.8. The number of amides is 1. The zero-order valence-electron chi connectivity index (χ0n) is 15.9. The van der Waals surface area contributed by atoms with E-state index in [1.807, 2.05) is 6.92 Å². The van der Waals surface area contributed by atoms with E-state index >= 15 is 0 Å². The van der Waals surface area contributed by atoms with Gasteiger partial charge in [-0.1, -0.05) is 6.42 Å². The van der Waals surface area contributed by atoms with Crippen LogP contribution in [0.4, 0.5) is 18.9 Å². The molecule has 1 heterocycles. The van der Waals surface area contributed by atoms with Crippen molar-refractivity contribution in [2.45, 2.75) is 26.2 Å². The number of rotatable bonds is 7. The molecule has 0 saturated carbocycles. The molecule has 0 atom stereocenters. The lowest BCUT2D eigenvalue weighted by Gasteiger charge is -2.26. The fraction of sp³-hybridized carbons (Fsp3) is 0.556. The van der Waals surface area contributed by atoms with Crippen LogP contribution in [-0.4, -0.2) is 56.0 Å². The number of likely N-dealkylation sites (tertiary alicyclic amines) is 1. The average molecular weight is 513 g/mol. The summed E-state index contributed by atoms with van der Waals surface area (Å²) in [6.07, 6.45) is 3.71. The summed E-state index contributed by atoms with van der Waals surface area (Å²) in [6.45, 7) is 6.00. The number of halogens is 4. The van der Waals surface area contributed by atoms with Crippen molar-refractivity contribution in [2.24, 2.45) is 4.99 Å². The third-order valence-corrected chi connectivity index (χ3v) is 4.20. The van der Waals surface area contributed by atoms with Gasteiger partial charge in [0.2, 0.25) is 5.91 Å². The predicted octanol–water partition coefficient (Wildman–Crippen LogP) is 2.70. The molecule has 1 aliphatic heterocycles. The first-order valence-electron chi connectivity index (χ1n) is 9.19. The van der Waals surface area contributed by atoms with Crippen molar-refractivity contribution >= 4 is 41.5 Å². The highest BCUT2D eigenvalue weighted by Crippen LogP contribution is 2.19. The van der Waals surface area contributed by atoms with E-state index in [2.05, 4.69) is 25.8 Å². The van der Waals surface area contributed by atoms with Crippen LogP contribution in [0, 0.1) is 17.5 Å². The third kappa shape index (κ3) is 7.82. The molecule has 1 fully saturated rings. The number of anilines is 1. The van der Waals surface area contributed by atoms with Crippen LogP contribution < -0.4 is 16.0 Å². The van der Waals surface area contributed by atoms with Gasteiger partial charge in [-0.05, 0) is 45.0 Å². The van der Waals surface area contributed by atoms with Gasteiger partial charge in [-0.25, -0.2) is 18.2 Å². The number of aliphatic imine (C=N–C) groups is 1. The van der Waals surface area contributed by atoms with Crippen LogP contribution in [0.2, 0.25) is 0 Å². The quantitative estimate of drug-likeness (QED) is 0.227. The van der Waals surface area contributed by atoms with Crippen molar-refractivity contribution in [1.82, 2.24) is 15.5 Å². The SMILES string of the molecule is CCNC(=NCC(=O)Nc1ccc(F)c(F)c1F)NCCN1CCCCC1.I. The Morgan fingerprint density at radius 2 is 1.82 bits per heavy atom. The maximum absolute atomic E-state index is 13.6. The third-order valence-electron chi connectivity index (χ3n) is 4.20. The van der Waals surface area contributed by atoms with Crippen LogP contribution in [0.15, 0.2) is 17.1 Å². The van der Waals surface area contributed by atoms with Crippen LogP contribution in [0.3, 0.4) is 0 Å². The molecule has 2 rings (SSSR count). The monoisotopic (exact) mass is 513 g/mol. The Morgan fingerprint density at radius 1 is 1.11 bits per heavy atom. The number of hydrogen-bond donors (Lipinski definition) is 3. The largest absolute Gasteiger partial charge is 0.357 e. The highest BCUT2D eigenvalue weighted by atomic mass is 127. The van der Waals surface area contributed by atoms with Crippen molar-refractivity contribution < 1.29 is 18.0 Å². The summed E-state index contributed by atoms with van der Waals surface area (Å²) in [7, 11) is 0. The molecule has 28 heavy (non-hydrogen) atoms. The summed E-state index contributed by atoms with van der Waals surface area (Å²) in [4.78, 5) is 18.4. The number of guanidine groups is 1. The van der Waals surface area contributed by atoms with Crippen molar-refractivity contribution in [3.05, 3.63) is 29.6 Å². The molecule has 0 bridgehead atoms. The lowest BCUT2D eigenvalue weighted by Crippen LogP contribution is -2.43. The molecule has 0 radical (unpaired) electrons. The van der Waals surface area contributed by atoms with Crippen molar-refractivity contribution in [2.75, 3.05) is 44.6 Å². The molecule has 10 heteroatoms. The van der Waals surface area contributed by atoms with E-state index in [-0.39, 0.29) is 30.5 Å². The van der Waals surface area contributed by atoms with Gasteiger partial charge in [0.1, 0.15) is 6.54 Å². The van der Waals surface area contributed by atoms with Crippen LogP contribution in [0.5, 0.6) is 0 Å². The topological polar surface area (TPSA) is 68.8 Å². The number of nitrogens with one attached hydrogen (secondary N) is 3. The molecular formula is C18H27F3IN5O. The van der Waals surface area contributed by atoms with E-state index in [0.29, 0.717) is 19.0 Å². The van der Waals surface area contributed by atoms with Gasteiger partial charge in [-0.2, -0.15) is 0 Å². The van der Waals surface area contributed by atoms with E-state index < -0.39 is 29.0 Å². The van der Waals surface area contributed by atoms with Crippen LogP contribution >= 0.6 is 24.0 Å². The maximum atomic E-state index is 13.6. The van der Waals surface area contributed by atoms with Crippen molar-refractivity contribution in [3.8, 4) is 0 Å². The predicted molar refractivity (Wildman–Crippen MR) is 115 cm³/mol. The van der Waals surface area contributed by atoms with Crippen LogP contribution in [0.25, 0.3) is 0 Å². The van der Waals surface area contributed by atoms with Gasteiger partial charge < -0.3 is 20.9 Å². The standard InChI is InChI=1S/C18H26F3N5O.HI/c1-2-22-18(23-8-11-26-9-4-3-5-10-26)24-12-15(27)25-14-7-6-13(19)16(20)17(14)21;/h6-7H,2-5,8-12H2,1H3,(H,25,27)(H2,22,23,24);1H. The Kier molecular flexibility index (Phi) is 11.2. The van der Waals surface area contributed by atoms with Gasteiger partial charge in [0.25, 0.3) is 0 Å². The Bertz CT molecular complexity index is 669. The lowest BCUT2D eigenvalue weighted by molar-refractivity contribution is -0.114. The van der Waals surface area contributed by atoms with Gasteiger partial charge in [0, 0.05) is 19.6 Å². The fourth-order valence-electron chi connectivity index (χ4n) is 2.82. The molecule has 3 N–H and O–H groups in total. The molecule has 1 aromatic carbocycles. The summed E-state index contributed by atoms with van der Waals surface area (Å²) >= 11 is 0. The zero-order chi connectivity index (χ0) is 19.6. The van der Waals surface area contributed by atoms with Crippen molar-refractivity contribution in [3.63, 3.8) is 0 Å². The minimum absolute atomic E-state index is 0. The summed E-state index contributed by atoms with van der Waals surface area (Å²) in [5.41, 5.74) is -0.419. The van der Waals surface area contributed by atoms with Crippen LogP contribution in [0.1, 0.15) is 26.2 Å². The number of piperidine rings is 1. The van der Waals surface area contributed by atoms with Crippen molar-refractivity contribution in [1.29, 1.82) is 0 Å². The molecular weight excluding hydrogens is 486 g/mol.